The molecule has 0 amide bonds. The minimum atomic E-state index is -0.158. The second-order valence-corrected chi connectivity index (χ2v) is 7.13. The van der Waals surface area contributed by atoms with Gasteiger partial charge in [-0.3, -0.25) is 0 Å². The van der Waals surface area contributed by atoms with Crippen LogP contribution in [0.15, 0.2) is 46.2 Å². The number of nitrogens with zero attached hydrogens (tertiary/aromatic N) is 2. The molecule has 0 fully saturated rings. The van der Waals surface area contributed by atoms with Crippen molar-refractivity contribution in [3.63, 3.8) is 0 Å². The molecule has 0 aliphatic heterocycles. The molecule has 0 spiro atoms. The summed E-state index contributed by atoms with van der Waals surface area (Å²) in [4.78, 5) is 0.693. The summed E-state index contributed by atoms with van der Waals surface area (Å²) in [6.45, 7) is 4.32. The van der Waals surface area contributed by atoms with Gasteiger partial charge in [-0.25, -0.2) is 4.39 Å². The van der Waals surface area contributed by atoms with E-state index in [1.807, 2.05) is 6.07 Å². The fraction of sp³-hybridized carbons (Fsp3) is 0.231. The molecule has 7 heteroatoms. The monoisotopic (exact) mass is 327 g/mol. The Labute approximate surface area is 130 Å². The van der Waals surface area contributed by atoms with Crippen molar-refractivity contribution in [1.82, 2.24) is 10.2 Å². The quantitative estimate of drug-likeness (QED) is 0.448. The minimum absolute atomic E-state index is 0.158. The third-order valence-electron chi connectivity index (χ3n) is 2.21. The molecule has 1 aromatic heterocycles. The smallest absolute Gasteiger partial charge is 0.206 e. The second kappa shape index (κ2) is 8.28. The summed E-state index contributed by atoms with van der Waals surface area (Å²) in [7, 11) is 0. The molecule has 2 aromatic rings. The Morgan fingerprint density at radius 2 is 2.05 bits per heavy atom. The first kappa shape index (κ1) is 15.3. The van der Waals surface area contributed by atoms with Gasteiger partial charge in [-0.2, -0.15) is 0 Å². The molecule has 0 aliphatic rings. The zero-order valence-electron chi connectivity index (χ0n) is 10.7. The van der Waals surface area contributed by atoms with Crippen LogP contribution in [0.3, 0.4) is 0 Å². The maximum absolute atomic E-state index is 13.4. The number of hydrogen-bond donors (Lipinski definition) is 1. The Bertz CT molecular complexity index is 559. The van der Waals surface area contributed by atoms with Crippen LogP contribution in [0.1, 0.15) is 0 Å². The normalized spacial score (nSPS) is 10.4. The van der Waals surface area contributed by atoms with E-state index in [1.165, 1.54) is 29.2 Å². The van der Waals surface area contributed by atoms with E-state index < -0.39 is 0 Å². The van der Waals surface area contributed by atoms with Gasteiger partial charge in [0.1, 0.15) is 5.82 Å². The molecule has 0 saturated heterocycles. The summed E-state index contributed by atoms with van der Waals surface area (Å²) >= 11 is 4.68. The number of halogens is 1. The lowest BCUT2D eigenvalue weighted by Crippen LogP contribution is -1.96. The molecule has 106 valence electrons. The fourth-order valence-corrected chi connectivity index (χ4v) is 4.09. The summed E-state index contributed by atoms with van der Waals surface area (Å²) in [6, 6.07) is 6.83. The van der Waals surface area contributed by atoms with E-state index in [0.717, 1.165) is 21.0 Å². The molecule has 0 unspecified atom stereocenters. The average Bonchev–Trinajstić information content (AvgIpc) is 2.91. The first-order chi connectivity index (χ1) is 9.79. The van der Waals surface area contributed by atoms with Crippen molar-refractivity contribution in [2.45, 2.75) is 9.24 Å². The van der Waals surface area contributed by atoms with Crippen LogP contribution in [0.2, 0.25) is 0 Å². The van der Waals surface area contributed by atoms with Gasteiger partial charge in [0.15, 0.2) is 4.34 Å². The molecule has 0 aliphatic carbocycles. The van der Waals surface area contributed by atoms with Crippen LogP contribution in [0.5, 0.6) is 0 Å². The predicted molar refractivity (Wildman–Crippen MR) is 86.4 cm³/mol. The largest absolute Gasteiger partial charge is 0.357 e. The lowest BCUT2D eigenvalue weighted by Gasteiger charge is -2.01. The second-order valence-electron chi connectivity index (χ2n) is 3.67. The number of anilines is 1. The lowest BCUT2D eigenvalue weighted by molar-refractivity contribution is 0.602. The van der Waals surface area contributed by atoms with Gasteiger partial charge in [0.05, 0.1) is 0 Å². The summed E-state index contributed by atoms with van der Waals surface area (Å²) in [5.74, 6) is 1.55. The number of nitrogens with one attached hydrogen (secondary N) is 1. The van der Waals surface area contributed by atoms with Crippen molar-refractivity contribution < 1.29 is 4.39 Å². The van der Waals surface area contributed by atoms with Crippen LogP contribution >= 0.6 is 34.9 Å². The van der Waals surface area contributed by atoms with E-state index in [2.05, 4.69) is 22.1 Å². The van der Waals surface area contributed by atoms with Gasteiger partial charge in [-0.1, -0.05) is 41.3 Å². The number of rotatable bonds is 8. The van der Waals surface area contributed by atoms with Crippen molar-refractivity contribution >= 4 is 40.0 Å². The average molecular weight is 327 g/mol. The van der Waals surface area contributed by atoms with Crippen LogP contribution in [0.4, 0.5) is 9.52 Å². The van der Waals surface area contributed by atoms with E-state index in [4.69, 9.17) is 0 Å². The van der Waals surface area contributed by atoms with E-state index in [1.54, 1.807) is 30.0 Å². The highest BCUT2D eigenvalue weighted by Crippen LogP contribution is 2.28. The number of aromatic nitrogens is 2. The van der Waals surface area contributed by atoms with Crippen LogP contribution in [-0.4, -0.2) is 28.2 Å². The summed E-state index contributed by atoms with van der Waals surface area (Å²) < 4.78 is 14.3. The molecule has 0 atom stereocenters. The molecular weight excluding hydrogens is 313 g/mol. The van der Waals surface area contributed by atoms with Gasteiger partial charge >= 0.3 is 0 Å². The van der Waals surface area contributed by atoms with Gasteiger partial charge in [-0.15, -0.1) is 28.5 Å². The highest BCUT2D eigenvalue weighted by atomic mass is 32.2. The van der Waals surface area contributed by atoms with Crippen LogP contribution in [0, 0.1) is 5.82 Å². The first-order valence-corrected chi connectivity index (χ1v) is 8.77. The molecule has 3 nitrogen and oxygen atoms in total. The third kappa shape index (κ3) is 4.81. The lowest BCUT2D eigenvalue weighted by atomic mass is 10.3. The van der Waals surface area contributed by atoms with Gasteiger partial charge in [-0.05, 0) is 12.1 Å². The predicted octanol–water partition coefficient (Wildman–Crippen LogP) is 4.16. The van der Waals surface area contributed by atoms with Crippen LogP contribution in [-0.2, 0) is 0 Å². The molecule has 20 heavy (non-hydrogen) atoms. The Kier molecular flexibility index (Phi) is 6.35. The highest BCUT2D eigenvalue weighted by molar-refractivity contribution is 8.03. The van der Waals surface area contributed by atoms with Crippen molar-refractivity contribution in [1.29, 1.82) is 0 Å². The van der Waals surface area contributed by atoms with Crippen LogP contribution in [0.25, 0.3) is 0 Å². The summed E-state index contributed by atoms with van der Waals surface area (Å²) in [5.41, 5.74) is 0. The summed E-state index contributed by atoms with van der Waals surface area (Å²) in [5, 5.41) is 12.0. The van der Waals surface area contributed by atoms with Gasteiger partial charge in [0.25, 0.3) is 0 Å². The number of hydrogen-bond acceptors (Lipinski definition) is 6. The van der Waals surface area contributed by atoms with Crippen molar-refractivity contribution in [2.75, 3.05) is 23.4 Å². The first-order valence-electron chi connectivity index (χ1n) is 5.98. The van der Waals surface area contributed by atoms with Crippen LogP contribution < -0.4 is 5.32 Å². The molecule has 0 saturated carbocycles. The van der Waals surface area contributed by atoms with Gasteiger partial charge in [0.2, 0.25) is 5.13 Å². The Morgan fingerprint density at radius 3 is 2.85 bits per heavy atom. The van der Waals surface area contributed by atoms with E-state index in [-0.39, 0.29) is 5.82 Å². The van der Waals surface area contributed by atoms with Crippen molar-refractivity contribution in [2.24, 2.45) is 0 Å². The molecule has 1 heterocycles. The molecule has 0 radical (unpaired) electrons. The highest BCUT2D eigenvalue weighted by Gasteiger charge is 2.05. The molecule has 1 N–H and O–H groups in total. The minimum Gasteiger partial charge on any atom is -0.357 e. The molecular formula is C13H14FN3S3. The topological polar surface area (TPSA) is 37.8 Å². The fourth-order valence-electron chi connectivity index (χ4n) is 1.34. The van der Waals surface area contributed by atoms with E-state index in [0.29, 0.717) is 11.4 Å². The Balaban J connectivity index is 1.72. The maximum Gasteiger partial charge on any atom is 0.206 e. The van der Waals surface area contributed by atoms with Crippen molar-refractivity contribution in [3.05, 3.63) is 42.7 Å². The standard InChI is InChI=1S/C13H14FN3S3/c1-2-7-15-12-16-17-13(20-12)19-9-8-18-11-6-4-3-5-10(11)14/h2-6H,1,7-9H2,(H,15,16). The Hall–Kier alpha value is -1.05. The zero-order chi connectivity index (χ0) is 14.2. The number of thioether (sulfide) groups is 2. The number of benzene rings is 1. The van der Waals surface area contributed by atoms with E-state index >= 15 is 0 Å². The maximum atomic E-state index is 13.4. The molecule has 2 rings (SSSR count). The Morgan fingerprint density at radius 1 is 1.25 bits per heavy atom. The third-order valence-corrected chi connectivity index (χ3v) is 5.53. The SMILES string of the molecule is C=CCNc1nnc(SCCSc2ccccc2F)s1. The van der Waals surface area contributed by atoms with Gasteiger partial charge < -0.3 is 5.32 Å². The summed E-state index contributed by atoms with van der Waals surface area (Å²) in [6.07, 6.45) is 1.78. The van der Waals surface area contributed by atoms with E-state index in [9.17, 15) is 4.39 Å². The van der Waals surface area contributed by atoms with Gasteiger partial charge in [0, 0.05) is 22.9 Å². The molecule has 0 bridgehead atoms. The zero-order valence-corrected chi connectivity index (χ0v) is 13.2. The van der Waals surface area contributed by atoms with Crippen molar-refractivity contribution in [3.8, 4) is 0 Å². The molecule has 1 aromatic carbocycles.